The zero-order valence-corrected chi connectivity index (χ0v) is 12.9. The molecule has 0 radical (unpaired) electrons. The Balaban J connectivity index is 1.90. The van der Waals surface area contributed by atoms with E-state index in [9.17, 15) is 18.5 Å². The number of non-ortho nitro benzene ring substituents is 1. The van der Waals surface area contributed by atoms with Gasteiger partial charge in [-0.05, 0) is 41.9 Å². The van der Waals surface area contributed by atoms with Crippen molar-refractivity contribution in [2.24, 2.45) is 0 Å². The molecule has 8 nitrogen and oxygen atoms in total. The number of imidazole rings is 1. The second-order valence-electron chi connectivity index (χ2n) is 4.62. The largest absolute Gasteiger partial charge is 0.329 e. The molecule has 0 amide bonds. The second-order valence-corrected chi connectivity index (χ2v) is 6.66. The molecule has 1 aromatic heterocycles. The molecular formula is C13H9ClN4O4S. The maximum atomic E-state index is 12.3. The average molecular weight is 353 g/mol. The molecule has 0 saturated carbocycles. The van der Waals surface area contributed by atoms with Crippen LogP contribution >= 0.6 is 11.6 Å². The molecule has 0 saturated heterocycles. The van der Waals surface area contributed by atoms with Gasteiger partial charge >= 0.3 is 0 Å². The number of hydrogen-bond donors (Lipinski definition) is 2. The van der Waals surface area contributed by atoms with E-state index >= 15 is 0 Å². The van der Waals surface area contributed by atoms with Crippen LogP contribution in [-0.4, -0.2) is 23.3 Å². The molecule has 10 heteroatoms. The van der Waals surface area contributed by atoms with Crippen LogP contribution in [0, 0.1) is 10.1 Å². The third-order valence-corrected chi connectivity index (χ3v) is 4.64. The van der Waals surface area contributed by atoms with E-state index in [1.807, 2.05) is 0 Å². The maximum Gasteiger partial charge on any atom is 0.269 e. The van der Waals surface area contributed by atoms with E-state index < -0.39 is 14.9 Å². The first-order valence-electron chi connectivity index (χ1n) is 6.28. The molecule has 3 aromatic rings. The molecule has 23 heavy (non-hydrogen) atoms. The number of rotatable bonds is 4. The van der Waals surface area contributed by atoms with Gasteiger partial charge in [-0.3, -0.25) is 14.8 Å². The number of H-pyrrole nitrogens is 1. The lowest BCUT2D eigenvalue weighted by molar-refractivity contribution is -0.384. The van der Waals surface area contributed by atoms with Gasteiger partial charge in [0.1, 0.15) is 0 Å². The fraction of sp³-hybridized carbons (Fsp3) is 0. The fourth-order valence-corrected chi connectivity index (χ4v) is 3.25. The van der Waals surface area contributed by atoms with Gasteiger partial charge in [0.05, 0.1) is 26.5 Å². The Morgan fingerprint density at radius 2 is 1.87 bits per heavy atom. The van der Waals surface area contributed by atoms with Crippen LogP contribution in [0.2, 0.25) is 5.28 Å². The number of nitro benzene ring substituents is 1. The van der Waals surface area contributed by atoms with E-state index in [1.54, 1.807) is 18.2 Å². The summed E-state index contributed by atoms with van der Waals surface area (Å²) in [5.41, 5.74) is 1.32. The van der Waals surface area contributed by atoms with E-state index in [-0.39, 0.29) is 15.9 Å². The molecule has 0 unspecified atom stereocenters. The van der Waals surface area contributed by atoms with E-state index in [0.29, 0.717) is 16.7 Å². The summed E-state index contributed by atoms with van der Waals surface area (Å²) in [6, 6.07) is 9.32. The van der Waals surface area contributed by atoms with Crippen molar-refractivity contribution in [3.05, 3.63) is 57.9 Å². The number of aromatic amines is 1. The molecule has 2 N–H and O–H groups in total. The van der Waals surface area contributed by atoms with E-state index in [2.05, 4.69) is 14.7 Å². The lowest BCUT2D eigenvalue weighted by Crippen LogP contribution is -2.12. The Hall–Kier alpha value is -2.65. The number of nitrogens with zero attached hydrogens (tertiary/aromatic N) is 2. The predicted octanol–water partition coefficient (Wildman–Crippen LogP) is 2.93. The summed E-state index contributed by atoms with van der Waals surface area (Å²) in [6.45, 7) is 0. The van der Waals surface area contributed by atoms with Crippen LogP contribution in [0.3, 0.4) is 0 Å². The SMILES string of the molecule is O=[N+]([O-])c1ccc(S(=O)(=O)Nc2ccc3nc(Cl)[nH]c3c2)cc1. The van der Waals surface area contributed by atoms with Crippen molar-refractivity contribution in [1.29, 1.82) is 0 Å². The number of anilines is 1. The number of nitro groups is 1. The molecule has 0 aliphatic rings. The number of sulfonamides is 1. The molecule has 0 bridgehead atoms. The predicted molar refractivity (Wildman–Crippen MR) is 85.0 cm³/mol. The Morgan fingerprint density at radius 3 is 2.52 bits per heavy atom. The second kappa shape index (κ2) is 5.52. The molecular weight excluding hydrogens is 344 g/mol. The van der Waals surface area contributed by atoms with E-state index in [0.717, 1.165) is 12.1 Å². The quantitative estimate of drug-likeness (QED) is 0.552. The number of nitrogens with one attached hydrogen (secondary N) is 2. The minimum absolute atomic E-state index is 0.0779. The van der Waals surface area contributed by atoms with Crippen molar-refractivity contribution in [1.82, 2.24) is 9.97 Å². The molecule has 0 aliphatic carbocycles. The van der Waals surface area contributed by atoms with Crippen molar-refractivity contribution in [2.45, 2.75) is 4.90 Å². The van der Waals surface area contributed by atoms with Gasteiger partial charge < -0.3 is 4.98 Å². The Morgan fingerprint density at radius 1 is 1.17 bits per heavy atom. The normalized spacial score (nSPS) is 11.5. The summed E-state index contributed by atoms with van der Waals surface area (Å²) in [7, 11) is -3.86. The van der Waals surface area contributed by atoms with Gasteiger partial charge in [0.25, 0.3) is 15.7 Å². The summed E-state index contributed by atoms with van der Waals surface area (Å²) in [5.74, 6) is 0. The van der Waals surface area contributed by atoms with Gasteiger partial charge in [-0.1, -0.05) is 0 Å². The van der Waals surface area contributed by atoms with E-state index in [4.69, 9.17) is 11.6 Å². The highest BCUT2D eigenvalue weighted by molar-refractivity contribution is 7.92. The van der Waals surface area contributed by atoms with Crippen molar-refractivity contribution < 1.29 is 13.3 Å². The summed E-state index contributed by atoms with van der Waals surface area (Å²) in [4.78, 5) is 16.7. The zero-order valence-electron chi connectivity index (χ0n) is 11.4. The van der Waals surface area contributed by atoms with Crippen LogP contribution in [0.15, 0.2) is 47.4 Å². The number of fused-ring (bicyclic) bond motifs is 1. The molecule has 0 aliphatic heterocycles. The first kappa shape index (κ1) is 15.3. The van der Waals surface area contributed by atoms with E-state index in [1.165, 1.54) is 12.1 Å². The highest BCUT2D eigenvalue weighted by Gasteiger charge is 2.16. The monoisotopic (exact) mass is 352 g/mol. The van der Waals surface area contributed by atoms with Gasteiger partial charge in [-0.2, -0.15) is 0 Å². The first-order chi connectivity index (χ1) is 10.8. The Kier molecular flexibility index (Phi) is 3.66. The first-order valence-corrected chi connectivity index (χ1v) is 8.14. The molecule has 3 rings (SSSR count). The Bertz CT molecular complexity index is 998. The van der Waals surface area contributed by atoms with Crippen LogP contribution in [-0.2, 0) is 10.0 Å². The maximum absolute atomic E-state index is 12.3. The topological polar surface area (TPSA) is 118 Å². The van der Waals surface area contributed by atoms with Crippen LogP contribution in [0.5, 0.6) is 0 Å². The highest BCUT2D eigenvalue weighted by atomic mass is 35.5. The fourth-order valence-electron chi connectivity index (χ4n) is 2.00. The lowest BCUT2D eigenvalue weighted by Gasteiger charge is -2.07. The lowest BCUT2D eigenvalue weighted by atomic mass is 10.3. The zero-order chi connectivity index (χ0) is 16.6. The summed E-state index contributed by atoms with van der Waals surface area (Å²) in [6.07, 6.45) is 0. The molecule has 0 fully saturated rings. The number of benzene rings is 2. The third-order valence-electron chi connectivity index (χ3n) is 3.06. The summed E-state index contributed by atoms with van der Waals surface area (Å²) < 4.78 is 27.0. The van der Waals surface area contributed by atoms with Gasteiger partial charge in [-0.25, -0.2) is 13.4 Å². The van der Waals surface area contributed by atoms with Crippen molar-refractivity contribution in [2.75, 3.05) is 4.72 Å². The third kappa shape index (κ3) is 3.10. The van der Waals surface area contributed by atoms with Gasteiger partial charge in [0.2, 0.25) is 5.28 Å². The van der Waals surface area contributed by atoms with Gasteiger partial charge in [0.15, 0.2) is 0 Å². The minimum Gasteiger partial charge on any atom is -0.329 e. The van der Waals surface area contributed by atoms with Crippen molar-refractivity contribution >= 4 is 44.0 Å². The number of aromatic nitrogens is 2. The van der Waals surface area contributed by atoms with Crippen molar-refractivity contribution in [3.63, 3.8) is 0 Å². The van der Waals surface area contributed by atoms with Crippen LogP contribution in [0.1, 0.15) is 0 Å². The minimum atomic E-state index is -3.86. The standard InChI is InChI=1S/C13H9ClN4O4S/c14-13-15-11-6-1-8(7-12(11)16-13)17-23(21,22)10-4-2-9(3-5-10)18(19)20/h1-7,17H,(H,15,16). The Labute approximate surface area is 135 Å². The molecule has 2 aromatic carbocycles. The number of halogens is 1. The molecule has 0 spiro atoms. The summed E-state index contributed by atoms with van der Waals surface area (Å²) in [5, 5.41) is 10.8. The summed E-state index contributed by atoms with van der Waals surface area (Å²) >= 11 is 5.74. The van der Waals surface area contributed by atoms with Crippen molar-refractivity contribution in [3.8, 4) is 0 Å². The van der Waals surface area contributed by atoms with Crippen LogP contribution < -0.4 is 4.72 Å². The van der Waals surface area contributed by atoms with Crippen LogP contribution in [0.25, 0.3) is 11.0 Å². The smallest absolute Gasteiger partial charge is 0.269 e. The van der Waals surface area contributed by atoms with Gasteiger partial charge in [-0.15, -0.1) is 0 Å². The molecule has 1 heterocycles. The molecule has 118 valence electrons. The van der Waals surface area contributed by atoms with Gasteiger partial charge in [0, 0.05) is 12.1 Å². The van der Waals surface area contributed by atoms with Crippen LogP contribution in [0.4, 0.5) is 11.4 Å². The average Bonchev–Trinajstić information content (AvgIpc) is 2.86. The highest BCUT2D eigenvalue weighted by Crippen LogP contribution is 2.22. The molecule has 0 atom stereocenters. The number of hydrogen-bond acceptors (Lipinski definition) is 5.